The standard InChI is InChI=1S/C84H164O17P2/c1-7-10-12-14-16-18-20-37-44-50-56-62-68-83(88)100-79(72-94-81(86)66-60-54-48-42-19-17-15-13-11-8-2)74-98-102(90,91)96-70-78(85)71-97-103(92,93)99-75-80(73-95-82(87)67-61-55-49-43-38-33-29-26-25-27-31-35-40-46-52-58-64-76(4)5)101-84(89)69-63-57-51-45-39-34-30-24-22-21-23-28-32-36-41-47-53-59-65-77(6)9-3/h76-80,85H,7-75H2,1-6H3,(H,90,91)(H,92,93)/t77?,78-,79+,80+/m0/s1. The van der Waals surface area contributed by atoms with Crippen molar-refractivity contribution in [1.29, 1.82) is 0 Å². The number of aliphatic hydroxyl groups excluding tert-OH is 1. The topological polar surface area (TPSA) is 237 Å². The summed E-state index contributed by atoms with van der Waals surface area (Å²) < 4.78 is 68.8. The minimum absolute atomic E-state index is 0.108. The van der Waals surface area contributed by atoms with Gasteiger partial charge in [-0.05, 0) is 37.5 Å². The quantitative estimate of drug-likeness (QED) is 0.0222. The predicted octanol–water partition coefficient (Wildman–Crippen LogP) is 25.5. The van der Waals surface area contributed by atoms with E-state index in [1.165, 1.54) is 263 Å². The van der Waals surface area contributed by atoms with Crippen molar-refractivity contribution in [3.8, 4) is 0 Å². The smallest absolute Gasteiger partial charge is 0.462 e. The van der Waals surface area contributed by atoms with Gasteiger partial charge in [-0.2, -0.15) is 0 Å². The highest BCUT2D eigenvalue weighted by Crippen LogP contribution is 2.45. The van der Waals surface area contributed by atoms with Crippen LogP contribution in [0.4, 0.5) is 0 Å². The molecule has 17 nitrogen and oxygen atoms in total. The van der Waals surface area contributed by atoms with Crippen LogP contribution in [0.5, 0.6) is 0 Å². The Morgan fingerprint density at radius 1 is 0.282 bits per heavy atom. The van der Waals surface area contributed by atoms with Gasteiger partial charge in [-0.3, -0.25) is 37.3 Å². The maximum Gasteiger partial charge on any atom is 0.472 e. The molecule has 3 N–H and O–H groups in total. The number of phosphoric ester groups is 2. The lowest BCUT2D eigenvalue weighted by Crippen LogP contribution is -2.30. The van der Waals surface area contributed by atoms with Crippen LogP contribution >= 0.6 is 15.6 Å². The first-order chi connectivity index (χ1) is 49.9. The van der Waals surface area contributed by atoms with Gasteiger partial charge < -0.3 is 33.8 Å². The zero-order valence-corrected chi connectivity index (χ0v) is 69.4. The average molecular weight is 1510 g/mol. The fourth-order valence-corrected chi connectivity index (χ4v) is 14.6. The van der Waals surface area contributed by atoms with Crippen molar-refractivity contribution in [2.45, 2.75) is 464 Å². The molecule has 0 aliphatic heterocycles. The molecule has 0 amide bonds. The highest BCUT2D eigenvalue weighted by atomic mass is 31.2. The van der Waals surface area contributed by atoms with Crippen LogP contribution in [0, 0.1) is 11.8 Å². The van der Waals surface area contributed by atoms with Crippen LogP contribution in [-0.4, -0.2) is 96.7 Å². The van der Waals surface area contributed by atoms with Gasteiger partial charge in [0, 0.05) is 25.7 Å². The lowest BCUT2D eigenvalue weighted by molar-refractivity contribution is -0.161. The van der Waals surface area contributed by atoms with Gasteiger partial charge in [-0.25, -0.2) is 9.13 Å². The summed E-state index contributed by atoms with van der Waals surface area (Å²) in [5.74, 6) is -0.421. The van der Waals surface area contributed by atoms with Crippen molar-refractivity contribution in [3.05, 3.63) is 0 Å². The Morgan fingerprint density at radius 2 is 0.495 bits per heavy atom. The molecule has 0 radical (unpaired) electrons. The van der Waals surface area contributed by atoms with Crippen LogP contribution in [-0.2, 0) is 65.4 Å². The molecule has 0 spiro atoms. The second kappa shape index (κ2) is 75.5. The van der Waals surface area contributed by atoms with Gasteiger partial charge in [-0.1, -0.05) is 395 Å². The number of unbranched alkanes of at least 4 members (excludes halogenated alkanes) is 52. The molecule has 0 bridgehead atoms. The van der Waals surface area contributed by atoms with E-state index in [9.17, 15) is 43.2 Å². The number of hydrogen-bond acceptors (Lipinski definition) is 15. The molecular formula is C84H164O17P2. The highest BCUT2D eigenvalue weighted by molar-refractivity contribution is 7.47. The van der Waals surface area contributed by atoms with E-state index < -0.39 is 97.5 Å². The predicted molar refractivity (Wildman–Crippen MR) is 423 cm³/mol. The van der Waals surface area contributed by atoms with Gasteiger partial charge in [0.15, 0.2) is 12.2 Å². The molecule has 0 aliphatic rings. The zero-order chi connectivity index (χ0) is 75.6. The number of ether oxygens (including phenoxy) is 4. The molecule has 0 aromatic carbocycles. The molecule has 0 heterocycles. The van der Waals surface area contributed by atoms with E-state index in [1.54, 1.807) is 0 Å². The Kier molecular flexibility index (Phi) is 74.1. The van der Waals surface area contributed by atoms with Crippen LogP contribution in [0.3, 0.4) is 0 Å². The van der Waals surface area contributed by atoms with E-state index >= 15 is 0 Å². The molecule has 0 aromatic rings. The minimum atomic E-state index is -4.96. The van der Waals surface area contributed by atoms with Gasteiger partial charge in [-0.15, -0.1) is 0 Å². The van der Waals surface area contributed by atoms with Crippen LogP contribution in [0.15, 0.2) is 0 Å². The summed E-state index contributed by atoms with van der Waals surface area (Å²) in [4.78, 5) is 73.1. The van der Waals surface area contributed by atoms with E-state index in [0.717, 1.165) is 102 Å². The fraction of sp³-hybridized carbons (Fsp3) is 0.952. The molecule has 0 saturated carbocycles. The second-order valence-electron chi connectivity index (χ2n) is 30.9. The fourth-order valence-electron chi connectivity index (χ4n) is 13.0. The lowest BCUT2D eigenvalue weighted by atomic mass is 9.99. The van der Waals surface area contributed by atoms with Gasteiger partial charge >= 0.3 is 39.5 Å². The Labute approximate surface area is 632 Å². The molecule has 0 aliphatic carbocycles. The molecule has 0 saturated heterocycles. The van der Waals surface area contributed by atoms with Gasteiger partial charge in [0.2, 0.25) is 0 Å². The number of phosphoric acid groups is 2. The number of carbonyl (C=O) groups excluding carboxylic acids is 4. The molecule has 19 heteroatoms. The number of rotatable bonds is 83. The number of carbonyl (C=O) groups is 4. The molecule has 0 aromatic heterocycles. The zero-order valence-electron chi connectivity index (χ0n) is 67.6. The molecule has 0 rings (SSSR count). The maximum atomic E-state index is 13.1. The van der Waals surface area contributed by atoms with Crippen molar-refractivity contribution in [2.24, 2.45) is 11.8 Å². The third-order valence-electron chi connectivity index (χ3n) is 20.1. The van der Waals surface area contributed by atoms with E-state index in [4.69, 9.17) is 37.0 Å². The molecule has 103 heavy (non-hydrogen) atoms. The first kappa shape index (κ1) is 101. The van der Waals surface area contributed by atoms with E-state index in [2.05, 4.69) is 41.5 Å². The summed E-state index contributed by atoms with van der Waals surface area (Å²) in [5.41, 5.74) is 0. The molecule has 6 atom stereocenters. The third-order valence-corrected chi connectivity index (χ3v) is 22.0. The molecule has 3 unspecified atom stereocenters. The summed E-state index contributed by atoms with van der Waals surface area (Å²) >= 11 is 0. The Hall–Kier alpha value is -1.94. The van der Waals surface area contributed by atoms with Crippen molar-refractivity contribution in [2.75, 3.05) is 39.6 Å². The summed E-state index contributed by atoms with van der Waals surface area (Å²) in [6, 6.07) is 0. The van der Waals surface area contributed by atoms with Crippen molar-refractivity contribution >= 4 is 39.5 Å². The van der Waals surface area contributed by atoms with Gasteiger partial charge in [0.25, 0.3) is 0 Å². The first-order valence-corrected chi connectivity index (χ1v) is 46.5. The van der Waals surface area contributed by atoms with Crippen molar-refractivity contribution in [1.82, 2.24) is 0 Å². The number of hydrogen-bond donors (Lipinski definition) is 3. The van der Waals surface area contributed by atoms with E-state index in [-0.39, 0.29) is 25.7 Å². The van der Waals surface area contributed by atoms with Gasteiger partial charge in [0.05, 0.1) is 26.4 Å². The number of esters is 4. The highest BCUT2D eigenvalue weighted by Gasteiger charge is 2.30. The lowest BCUT2D eigenvalue weighted by Gasteiger charge is -2.21. The molecule has 612 valence electrons. The van der Waals surface area contributed by atoms with Crippen molar-refractivity contribution < 1.29 is 80.2 Å². The monoisotopic (exact) mass is 1510 g/mol. The third kappa shape index (κ3) is 76.6. The summed E-state index contributed by atoms with van der Waals surface area (Å²) in [5, 5.41) is 10.7. The Bertz CT molecular complexity index is 1980. The van der Waals surface area contributed by atoms with Crippen LogP contribution in [0.2, 0.25) is 0 Å². The summed E-state index contributed by atoms with van der Waals surface area (Å²) in [6.07, 6.45) is 66.6. The second-order valence-corrected chi connectivity index (χ2v) is 33.8. The van der Waals surface area contributed by atoms with Gasteiger partial charge in [0.1, 0.15) is 19.3 Å². The van der Waals surface area contributed by atoms with Crippen LogP contribution in [0.1, 0.15) is 446 Å². The van der Waals surface area contributed by atoms with Crippen LogP contribution < -0.4 is 0 Å². The van der Waals surface area contributed by atoms with Crippen LogP contribution in [0.25, 0.3) is 0 Å². The average Bonchev–Trinajstić information content (AvgIpc) is 0.919. The minimum Gasteiger partial charge on any atom is -0.462 e. The SMILES string of the molecule is CCCCCCCCCCCCCCC(=O)O[C@H](COC(=O)CCCCCCCCCCCC)COP(=O)(O)OC[C@H](O)COP(=O)(O)OC[C@@H](COC(=O)CCCCCCCCCCCCCCCCCCC(C)C)OC(=O)CCCCCCCCCCCCCCCCCCCCC(C)CC. The van der Waals surface area contributed by atoms with E-state index in [0.29, 0.717) is 25.7 Å². The largest absolute Gasteiger partial charge is 0.472 e. The van der Waals surface area contributed by atoms with E-state index in [1.807, 2.05) is 0 Å². The normalized spacial score (nSPS) is 14.1. The Balaban J connectivity index is 5.20. The molecule has 0 fully saturated rings. The molecular weight excluding hydrogens is 1340 g/mol. The maximum absolute atomic E-state index is 13.1. The first-order valence-electron chi connectivity index (χ1n) is 43.5. The number of aliphatic hydroxyl groups is 1. The van der Waals surface area contributed by atoms with Crippen molar-refractivity contribution in [3.63, 3.8) is 0 Å². The summed E-state index contributed by atoms with van der Waals surface area (Å²) in [6.45, 7) is 9.74. The summed E-state index contributed by atoms with van der Waals surface area (Å²) in [7, 11) is -9.92. The Morgan fingerprint density at radius 3 is 0.738 bits per heavy atom.